The number of rotatable bonds is 5. The Labute approximate surface area is 128 Å². The van der Waals surface area contributed by atoms with Crippen molar-refractivity contribution in [2.45, 2.75) is 26.2 Å². The molecule has 3 N–H and O–H groups in total. The highest BCUT2D eigenvalue weighted by atomic mass is 32.1. The third-order valence-corrected chi connectivity index (χ3v) is 4.02. The summed E-state index contributed by atoms with van der Waals surface area (Å²) >= 11 is 1.29. The summed E-state index contributed by atoms with van der Waals surface area (Å²) in [7, 11) is 0. The van der Waals surface area contributed by atoms with Crippen LogP contribution in [0.2, 0.25) is 0 Å². The Hall–Kier alpha value is -2.14. The molecule has 0 spiro atoms. The topological polar surface area (TPSA) is 72.2 Å². The van der Waals surface area contributed by atoms with Gasteiger partial charge in [-0.05, 0) is 28.5 Å². The zero-order chi connectivity index (χ0) is 15.4. The number of carbonyl (C=O) groups is 2. The lowest BCUT2D eigenvalue weighted by molar-refractivity contribution is -0.115. The fourth-order valence-electron chi connectivity index (χ4n) is 1.98. The smallest absolute Gasteiger partial charge is 0.251 e. The summed E-state index contributed by atoms with van der Waals surface area (Å²) in [4.78, 5) is 23.2. The van der Waals surface area contributed by atoms with E-state index in [1.54, 1.807) is 11.4 Å². The summed E-state index contributed by atoms with van der Waals surface area (Å²) in [5, 5.41) is 4.97. The number of hydrogen-bond donors (Lipinski definition) is 2. The molecule has 5 heteroatoms. The van der Waals surface area contributed by atoms with Gasteiger partial charge in [-0.2, -0.15) is 0 Å². The molecule has 0 aliphatic carbocycles. The zero-order valence-corrected chi connectivity index (χ0v) is 12.9. The number of thiophene rings is 1. The van der Waals surface area contributed by atoms with Crippen LogP contribution in [0.4, 0.5) is 5.00 Å². The minimum Gasteiger partial charge on any atom is -0.366 e. The van der Waals surface area contributed by atoms with Gasteiger partial charge in [0.15, 0.2) is 0 Å². The van der Waals surface area contributed by atoms with Crippen LogP contribution >= 0.6 is 11.3 Å². The first-order chi connectivity index (χ1) is 9.97. The van der Waals surface area contributed by atoms with Crippen LogP contribution in [-0.4, -0.2) is 11.8 Å². The molecule has 110 valence electrons. The number of primary amides is 1. The quantitative estimate of drug-likeness (QED) is 0.890. The van der Waals surface area contributed by atoms with E-state index >= 15 is 0 Å². The fourth-order valence-corrected chi connectivity index (χ4v) is 2.79. The maximum absolute atomic E-state index is 12.0. The third-order valence-electron chi connectivity index (χ3n) is 3.19. The summed E-state index contributed by atoms with van der Waals surface area (Å²) in [6.07, 6.45) is 0.272. The molecular weight excluding hydrogens is 284 g/mol. The van der Waals surface area contributed by atoms with Gasteiger partial charge in [-0.3, -0.25) is 9.59 Å². The Morgan fingerprint density at radius 1 is 1.19 bits per heavy atom. The molecule has 1 aromatic heterocycles. The third kappa shape index (κ3) is 3.92. The number of anilines is 1. The van der Waals surface area contributed by atoms with Gasteiger partial charge >= 0.3 is 0 Å². The van der Waals surface area contributed by atoms with Crippen LogP contribution < -0.4 is 11.1 Å². The highest BCUT2D eigenvalue weighted by Crippen LogP contribution is 2.23. The average molecular weight is 302 g/mol. The van der Waals surface area contributed by atoms with E-state index in [0.717, 1.165) is 5.56 Å². The summed E-state index contributed by atoms with van der Waals surface area (Å²) in [6, 6.07) is 9.59. The van der Waals surface area contributed by atoms with Crippen molar-refractivity contribution < 1.29 is 9.59 Å². The minimum absolute atomic E-state index is 0.155. The van der Waals surface area contributed by atoms with Gasteiger partial charge in [-0.15, -0.1) is 11.3 Å². The lowest BCUT2D eigenvalue weighted by atomic mass is 10.0. The number of amides is 2. The van der Waals surface area contributed by atoms with Gasteiger partial charge in [0.2, 0.25) is 5.91 Å². The van der Waals surface area contributed by atoms with Crippen molar-refractivity contribution in [2.24, 2.45) is 5.73 Å². The molecule has 0 radical (unpaired) electrons. The van der Waals surface area contributed by atoms with E-state index in [4.69, 9.17) is 5.73 Å². The summed E-state index contributed by atoms with van der Waals surface area (Å²) in [5.74, 6) is -0.220. The largest absolute Gasteiger partial charge is 0.366 e. The molecule has 0 atom stereocenters. The monoisotopic (exact) mass is 302 g/mol. The molecule has 0 bridgehead atoms. The molecule has 21 heavy (non-hydrogen) atoms. The molecule has 0 unspecified atom stereocenters. The first kappa shape index (κ1) is 15.3. The number of benzene rings is 1. The van der Waals surface area contributed by atoms with E-state index in [2.05, 4.69) is 19.2 Å². The fraction of sp³-hybridized carbons (Fsp3) is 0.250. The Kier molecular flexibility index (Phi) is 4.75. The number of hydrogen-bond acceptors (Lipinski definition) is 3. The van der Waals surface area contributed by atoms with Crippen molar-refractivity contribution in [1.29, 1.82) is 0 Å². The average Bonchev–Trinajstić information content (AvgIpc) is 2.87. The van der Waals surface area contributed by atoms with Crippen LogP contribution in [0.1, 0.15) is 41.3 Å². The van der Waals surface area contributed by atoms with E-state index in [-0.39, 0.29) is 12.3 Å². The van der Waals surface area contributed by atoms with Crippen LogP contribution in [0.5, 0.6) is 0 Å². The van der Waals surface area contributed by atoms with Crippen molar-refractivity contribution in [3.63, 3.8) is 0 Å². The van der Waals surface area contributed by atoms with Gasteiger partial charge in [0.1, 0.15) is 5.00 Å². The van der Waals surface area contributed by atoms with Crippen molar-refractivity contribution in [2.75, 3.05) is 5.32 Å². The second-order valence-corrected chi connectivity index (χ2v) is 6.07. The summed E-state index contributed by atoms with van der Waals surface area (Å²) in [5.41, 5.74) is 7.78. The molecule has 0 saturated carbocycles. The Morgan fingerprint density at radius 2 is 1.86 bits per heavy atom. The molecular formula is C16H18N2O2S. The van der Waals surface area contributed by atoms with Crippen molar-refractivity contribution in [3.05, 3.63) is 52.4 Å². The first-order valence-electron chi connectivity index (χ1n) is 6.73. The van der Waals surface area contributed by atoms with Crippen molar-refractivity contribution in [3.8, 4) is 0 Å². The second-order valence-electron chi connectivity index (χ2n) is 5.15. The van der Waals surface area contributed by atoms with Crippen molar-refractivity contribution in [1.82, 2.24) is 0 Å². The number of nitrogens with two attached hydrogens (primary N) is 1. The maximum Gasteiger partial charge on any atom is 0.251 e. The molecule has 0 fully saturated rings. The standard InChI is InChI=1S/C16H18N2O2S/c1-10(2)12-5-3-11(4-6-12)9-14(19)18-16-13(15(17)20)7-8-21-16/h3-8,10H,9H2,1-2H3,(H2,17,20)(H,18,19). The zero-order valence-electron chi connectivity index (χ0n) is 12.1. The lowest BCUT2D eigenvalue weighted by Crippen LogP contribution is -2.17. The number of carbonyl (C=O) groups excluding carboxylic acids is 2. The molecule has 0 aliphatic rings. The number of nitrogens with one attached hydrogen (secondary N) is 1. The molecule has 2 aromatic rings. The lowest BCUT2D eigenvalue weighted by Gasteiger charge is -2.07. The minimum atomic E-state index is -0.534. The maximum atomic E-state index is 12.0. The molecule has 1 heterocycles. The highest BCUT2D eigenvalue weighted by molar-refractivity contribution is 7.14. The Balaban J connectivity index is 2.01. The van der Waals surface area contributed by atoms with Gasteiger partial charge in [-0.1, -0.05) is 38.1 Å². The van der Waals surface area contributed by atoms with E-state index in [9.17, 15) is 9.59 Å². The highest BCUT2D eigenvalue weighted by Gasteiger charge is 2.12. The normalized spacial score (nSPS) is 10.6. The predicted octanol–water partition coefficient (Wildman–Crippen LogP) is 3.15. The predicted molar refractivity (Wildman–Crippen MR) is 85.7 cm³/mol. The van der Waals surface area contributed by atoms with Gasteiger partial charge < -0.3 is 11.1 Å². The molecule has 1 aromatic carbocycles. The summed E-state index contributed by atoms with van der Waals surface area (Å²) < 4.78 is 0. The Morgan fingerprint density at radius 3 is 2.43 bits per heavy atom. The van der Waals surface area contributed by atoms with Crippen molar-refractivity contribution >= 4 is 28.2 Å². The molecule has 0 aliphatic heterocycles. The van der Waals surface area contributed by atoms with Gasteiger partial charge in [0.05, 0.1) is 12.0 Å². The van der Waals surface area contributed by atoms with Crippen LogP contribution in [0, 0.1) is 0 Å². The van der Waals surface area contributed by atoms with Crippen LogP contribution in [0.15, 0.2) is 35.7 Å². The molecule has 0 saturated heterocycles. The molecule has 4 nitrogen and oxygen atoms in total. The van der Waals surface area contributed by atoms with E-state index < -0.39 is 5.91 Å². The van der Waals surface area contributed by atoms with Gasteiger partial charge in [0, 0.05) is 0 Å². The molecule has 2 rings (SSSR count). The van der Waals surface area contributed by atoms with Crippen LogP contribution in [0.25, 0.3) is 0 Å². The van der Waals surface area contributed by atoms with Gasteiger partial charge in [0.25, 0.3) is 5.91 Å². The van der Waals surface area contributed by atoms with E-state index in [1.165, 1.54) is 16.9 Å². The summed E-state index contributed by atoms with van der Waals surface area (Å²) in [6.45, 7) is 4.26. The van der Waals surface area contributed by atoms with Gasteiger partial charge in [-0.25, -0.2) is 0 Å². The van der Waals surface area contributed by atoms with E-state index in [0.29, 0.717) is 16.5 Å². The second kappa shape index (κ2) is 6.54. The van der Waals surface area contributed by atoms with E-state index in [1.807, 2.05) is 24.3 Å². The van der Waals surface area contributed by atoms with Crippen LogP contribution in [0.3, 0.4) is 0 Å². The van der Waals surface area contributed by atoms with Crippen LogP contribution in [-0.2, 0) is 11.2 Å². The first-order valence-corrected chi connectivity index (χ1v) is 7.61. The Bertz CT molecular complexity index is 645. The SMILES string of the molecule is CC(C)c1ccc(CC(=O)Nc2sccc2C(N)=O)cc1. The molecule has 2 amide bonds.